The minimum absolute atomic E-state index is 0.208. The van der Waals surface area contributed by atoms with Crippen molar-refractivity contribution in [1.82, 2.24) is 9.96 Å². The highest BCUT2D eigenvalue weighted by Crippen LogP contribution is 2.47. The molecule has 0 bridgehead atoms. The minimum Gasteiger partial charge on any atom is -0.312 e. The number of nitrogens with zero attached hydrogens (tertiary/aromatic N) is 2. The Morgan fingerprint density at radius 3 is 1.50 bits per heavy atom. The number of imide groups is 1. The summed E-state index contributed by atoms with van der Waals surface area (Å²) in [6.07, 6.45) is 8.66. The molecular weight excluding hydrogens is 256 g/mol. The van der Waals surface area contributed by atoms with Crippen LogP contribution in [-0.4, -0.2) is 45.1 Å². The van der Waals surface area contributed by atoms with E-state index in [0.717, 1.165) is 38.5 Å². The average Bonchev–Trinajstić information content (AvgIpc) is 2.52. The molecule has 1 N–H and O–H groups in total. The van der Waals surface area contributed by atoms with Gasteiger partial charge in [-0.15, -0.1) is 0 Å². The molecule has 0 radical (unpaired) electrons. The number of likely N-dealkylation sites (N-methyl/N-ethyl adjacent to an activating group) is 1. The summed E-state index contributed by atoms with van der Waals surface area (Å²) in [5.74, 6) is -0.415. The largest absolute Gasteiger partial charge is 0.312 e. The van der Waals surface area contributed by atoms with Gasteiger partial charge in [-0.3, -0.25) is 14.5 Å². The van der Waals surface area contributed by atoms with Crippen LogP contribution in [0.2, 0.25) is 0 Å². The van der Waals surface area contributed by atoms with E-state index in [0.29, 0.717) is 25.7 Å². The summed E-state index contributed by atoms with van der Waals surface area (Å²) in [5, 5.41) is 12.1. The quantitative estimate of drug-likeness (QED) is 0.690. The molecule has 1 heterocycles. The monoisotopic (exact) mass is 280 g/mol. The first kappa shape index (κ1) is 14.0. The Hall–Kier alpha value is -0.940. The van der Waals surface area contributed by atoms with Crippen molar-refractivity contribution < 1.29 is 14.8 Å². The summed E-state index contributed by atoms with van der Waals surface area (Å²) in [6.45, 7) is 0. The van der Waals surface area contributed by atoms with Crippen LogP contribution in [0.15, 0.2) is 0 Å². The SMILES string of the molecule is CN1C(=O)C2(CCCCC2)N(O)C2(CCCCC2)C1=O. The number of piperazine rings is 1. The van der Waals surface area contributed by atoms with Gasteiger partial charge in [0.15, 0.2) is 0 Å². The van der Waals surface area contributed by atoms with Gasteiger partial charge in [-0.1, -0.05) is 38.5 Å². The number of hydrogen-bond acceptors (Lipinski definition) is 4. The second-order valence-corrected chi connectivity index (χ2v) is 6.67. The number of carbonyl (C=O) groups excluding carboxylic acids is 2. The van der Waals surface area contributed by atoms with Crippen molar-refractivity contribution in [2.24, 2.45) is 0 Å². The van der Waals surface area contributed by atoms with E-state index in [2.05, 4.69) is 0 Å². The average molecular weight is 280 g/mol. The van der Waals surface area contributed by atoms with Crippen LogP contribution in [0.1, 0.15) is 64.2 Å². The fourth-order valence-electron chi connectivity index (χ4n) is 4.43. The molecule has 5 heteroatoms. The predicted octanol–water partition coefficient (Wildman–Crippen LogP) is 2.08. The van der Waals surface area contributed by atoms with Crippen molar-refractivity contribution in [3.63, 3.8) is 0 Å². The lowest BCUT2D eigenvalue weighted by molar-refractivity contribution is -0.266. The molecule has 0 aromatic carbocycles. The highest BCUT2D eigenvalue weighted by Gasteiger charge is 2.62. The van der Waals surface area contributed by atoms with Gasteiger partial charge in [0.1, 0.15) is 11.1 Å². The molecule has 0 unspecified atom stereocenters. The maximum absolute atomic E-state index is 12.7. The van der Waals surface area contributed by atoms with Gasteiger partial charge in [0.05, 0.1) is 0 Å². The van der Waals surface area contributed by atoms with Crippen molar-refractivity contribution in [2.75, 3.05) is 7.05 Å². The van der Waals surface area contributed by atoms with Crippen LogP contribution in [0.25, 0.3) is 0 Å². The van der Waals surface area contributed by atoms with Crippen LogP contribution < -0.4 is 0 Å². The van der Waals surface area contributed by atoms with Crippen molar-refractivity contribution >= 4 is 11.8 Å². The third-order valence-corrected chi connectivity index (χ3v) is 5.58. The summed E-state index contributed by atoms with van der Waals surface area (Å²) in [4.78, 5) is 26.6. The molecule has 0 aromatic rings. The molecule has 0 atom stereocenters. The van der Waals surface area contributed by atoms with E-state index in [-0.39, 0.29) is 11.8 Å². The lowest BCUT2D eigenvalue weighted by atomic mass is 9.71. The van der Waals surface area contributed by atoms with Crippen LogP contribution in [0.4, 0.5) is 0 Å². The van der Waals surface area contributed by atoms with Gasteiger partial charge in [0.25, 0.3) is 11.8 Å². The molecule has 112 valence electrons. The molecule has 2 spiro atoms. The maximum atomic E-state index is 12.7. The van der Waals surface area contributed by atoms with E-state index in [1.165, 1.54) is 9.96 Å². The Labute approximate surface area is 119 Å². The Balaban J connectivity index is 2.03. The van der Waals surface area contributed by atoms with E-state index >= 15 is 0 Å². The number of rotatable bonds is 0. The number of hydrogen-bond donors (Lipinski definition) is 1. The van der Waals surface area contributed by atoms with Gasteiger partial charge in [-0.05, 0) is 25.7 Å². The van der Waals surface area contributed by atoms with Crippen molar-refractivity contribution in [1.29, 1.82) is 0 Å². The molecule has 1 saturated heterocycles. The third kappa shape index (κ3) is 1.69. The highest BCUT2D eigenvalue weighted by atomic mass is 16.5. The summed E-state index contributed by atoms with van der Waals surface area (Å²) in [7, 11) is 1.59. The third-order valence-electron chi connectivity index (χ3n) is 5.58. The summed E-state index contributed by atoms with van der Waals surface area (Å²) >= 11 is 0. The van der Waals surface area contributed by atoms with Gasteiger partial charge >= 0.3 is 0 Å². The molecule has 2 aliphatic carbocycles. The van der Waals surface area contributed by atoms with Crippen molar-refractivity contribution in [3.8, 4) is 0 Å². The molecule has 20 heavy (non-hydrogen) atoms. The number of amides is 2. The van der Waals surface area contributed by atoms with E-state index < -0.39 is 11.1 Å². The fourth-order valence-corrected chi connectivity index (χ4v) is 4.43. The van der Waals surface area contributed by atoms with Crippen LogP contribution in [0, 0.1) is 0 Å². The molecule has 2 amide bonds. The van der Waals surface area contributed by atoms with Gasteiger partial charge < -0.3 is 5.21 Å². The zero-order valence-corrected chi connectivity index (χ0v) is 12.2. The molecule has 5 nitrogen and oxygen atoms in total. The van der Waals surface area contributed by atoms with E-state index in [9.17, 15) is 14.8 Å². The van der Waals surface area contributed by atoms with Crippen LogP contribution in [-0.2, 0) is 9.59 Å². The second-order valence-electron chi connectivity index (χ2n) is 6.67. The second kappa shape index (κ2) is 4.81. The van der Waals surface area contributed by atoms with Crippen LogP contribution in [0.3, 0.4) is 0 Å². The minimum atomic E-state index is -0.849. The molecule has 3 aliphatic rings. The molecule has 0 aromatic heterocycles. The predicted molar refractivity (Wildman–Crippen MR) is 73.0 cm³/mol. The van der Waals surface area contributed by atoms with E-state index in [4.69, 9.17) is 0 Å². The normalized spacial score (nSPS) is 30.2. The Kier molecular flexibility index (Phi) is 3.37. The Morgan fingerprint density at radius 2 is 1.15 bits per heavy atom. The first-order chi connectivity index (χ1) is 9.54. The standard InChI is InChI=1S/C15H24N2O3/c1-16-12(18)14(8-4-2-5-9-14)17(20)15(13(16)19)10-6-3-7-11-15/h20H,2-11H2,1H3. The lowest BCUT2D eigenvalue weighted by Gasteiger charge is -2.56. The van der Waals surface area contributed by atoms with Gasteiger partial charge in [-0.2, -0.15) is 5.06 Å². The molecule has 1 aliphatic heterocycles. The molecule has 2 saturated carbocycles. The highest BCUT2D eigenvalue weighted by molar-refractivity contribution is 6.06. The smallest absolute Gasteiger partial charge is 0.251 e. The zero-order chi connectivity index (χ0) is 14.4. The van der Waals surface area contributed by atoms with Gasteiger partial charge in [0, 0.05) is 7.05 Å². The van der Waals surface area contributed by atoms with Crippen molar-refractivity contribution in [3.05, 3.63) is 0 Å². The zero-order valence-electron chi connectivity index (χ0n) is 12.2. The number of carbonyl (C=O) groups is 2. The van der Waals surface area contributed by atoms with E-state index in [1.54, 1.807) is 7.05 Å². The topological polar surface area (TPSA) is 60.9 Å². The van der Waals surface area contributed by atoms with Crippen LogP contribution in [0.5, 0.6) is 0 Å². The Morgan fingerprint density at radius 1 is 0.800 bits per heavy atom. The molecular formula is C15H24N2O3. The summed E-state index contributed by atoms with van der Waals surface area (Å²) < 4.78 is 0. The summed E-state index contributed by atoms with van der Waals surface area (Å²) in [6, 6.07) is 0. The van der Waals surface area contributed by atoms with Gasteiger partial charge in [0.2, 0.25) is 0 Å². The first-order valence-corrected chi connectivity index (χ1v) is 7.86. The molecule has 3 fully saturated rings. The van der Waals surface area contributed by atoms with Crippen LogP contribution >= 0.6 is 0 Å². The molecule has 3 rings (SSSR count). The van der Waals surface area contributed by atoms with E-state index in [1.807, 2.05) is 0 Å². The number of hydroxylamine groups is 2. The Bertz CT molecular complexity index is 385. The first-order valence-electron chi connectivity index (χ1n) is 7.86. The summed E-state index contributed by atoms with van der Waals surface area (Å²) in [5.41, 5.74) is -1.70. The lowest BCUT2D eigenvalue weighted by Crippen LogP contribution is -2.76. The fraction of sp³-hybridized carbons (Fsp3) is 0.867. The van der Waals surface area contributed by atoms with Crippen molar-refractivity contribution in [2.45, 2.75) is 75.3 Å². The maximum Gasteiger partial charge on any atom is 0.251 e. The van der Waals surface area contributed by atoms with Gasteiger partial charge in [-0.25, -0.2) is 0 Å².